The number of allylic oxidation sites excluding steroid dienone is 1. The molecule has 3 rings (SSSR count). The van der Waals surface area contributed by atoms with Gasteiger partial charge >= 0.3 is 12.0 Å². The minimum absolute atomic E-state index is 0.236. The van der Waals surface area contributed by atoms with Gasteiger partial charge in [0.1, 0.15) is 0 Å². The van der Waals surface area contributed by atoms with E-state index in [1.807, 2.05) is 13.0 Å². The number of esters is 1. The molecule has 32 heavy (non-hydrogen) atoms. The van der Waals surface area contributed by atoms with Crippen LogP contribution in [0.15, 0.2) is 64.3 Å². The Hall–Kier alpha value is -3.13. The Morgan fingerprint density at radius 3 is 2.47 bits per heavy atom. The highest BCUT2D eigenvalue weighted by Gasteiger charge is 2.36. The molecule has 3 amide bonds. The molecule has 1 heterocycles. The van der Waals surface area contributed by atoms with Crippen LogP contribution in [0.5, 0.6) is 0 Å². The maximum Gasteiger partial charge on any atom is 0.338 e. The fourth-order valence-corrected chi connectivity index (χ4v) is 3.95. The third kappa shape index (κ3) is 5.19. The highest BCUT2D eigenvalue weighted by molar-refractivity contribution is 9.10. The Labute approximate surface area is 195 Å². The molecule has 0 bridgehead atoms. The van der Waals surface area contributed by atoms with Gasteiger partial charge in [0.15, 0.2) is 0 Å². The zero-order valence-corrected chi connectivity index (χ0v) is 20.0. The molecule has 0 saturated heterocycles. The van der Waals surface area contributed by atoms with E-state index in [2.05, 4.69) is 26.6 Å². The first-order valence-electron chi connectivity index (χ1n) is 10.4. The number of rotatable bonds is 6. The molecule has 0 fully saturated rings. The van der Waals surface area contributed by atoms with Crippen molar-refractivity contribution in [2.24, 2.45) is 0 Å². The smallest absolute Gasteiger partial charge is 0.338 e. The molecule has 1 unspecified atom stereocenters. The first-order chi connectivity index (χ1) is 15.2. The summed E-state index contributed by atoms with van der Waals surface area (Å²) in [7, 11) is 0. The second-order valence-electron chi connectivity index (χ2n) is 7.67. The van der Waals surface area contributed by atoms with Gasteiger partial charge in [0, 0.05) is 28.0 Å². The van der Waals surface area contributed by atoms with E-state index in [4.69, 9.17) is 4.74 Å². The lowest BCUT2D eigenvalue weighted by Crippen LogP contribution is -2.48. The average molecular weight is 500 g/mol. The first-order valence-corrected chi connectivity index (χ1v) is 11.2. The van der Waals surface area contributed by atoms with Gasteiger partial charge in [-0.1, -0.05) is 34.1 Å². The van der Waals surface area contributed by atoms with Crippen LogP contribution in [-0.2, 0) is 9.53 Å². The molecule has 168 valence electrons. The molecular weight excluding hydrogens is 474 g/mol. The second kappa shape index (κ2) is 9.99. The standard InChI is InChI=1S/C24H26BrN3O4/c1-5-28-15(4)20(23(30)32-14(2)3)21(27-24(28)31)16-9-11-19(12-10-16)26-22(29)17-7-6-8-18(25)13-17/h6-14,21H,5H2,1-4H3,(H,26,29)(H,27,31). The molecule has 0 saturated carbocycles. The van der Waals surface area contributed by atoms with Crippen molar-refractivity contribution in [2.45, 2.75) is 39.8 Å². The highest BCUT2D eigenvalue weighted by atomic mass is 79.9. The van der Waals surface area contributed by atoms with E-state index in [0.717, 1.165) is 4.47 Å². The van der Waals surface area contributed by atoms with Crippen LogP contribution in [0, 0.1) is 0 Å². The summed E-state index contributed by atoms with van der Waals surface area (Å²) in [6.45, 7) is 7.59. The number of halogens is 1. The van der Waals surface area contributed by atoms with Crippen LogP contribution in [0.4, 0.5) is 10.5 Å². The van der Waals surface area contributed by atoms with Crippen LogP contribution in [0.25, 0.3) is 0 Å². The number of amides is 3. The fraction of sp³-hybridized carbons (Fsp3) is 0.292. The normalized spacial score (nSPS) is 16.1. The number of hydrogen-bond acceptors (Lipinski definition) is 4. The third-order valence-electron chi connectivity index (χ3n) is 5.06. The van der Waals surface area contributed by atoms with E-state index >= 15 is 0 Å². The Bertz CT molecular complexity index is 1060. The van der Waals surface area contributed by atoms with Gasteiger partial charge in [0.2, 0.25) is 0 Å². The number of urea groups is 1. The van der Waals surface area contributed by atoms with Gasteiger partial charge < -0.3 is 15.4 Å². The number of anilines is 1. The summed E-state index contributed by atoms with van der Waals surface area (Å²) in [5, 5.41) is 5.75. The van der Waals surface area contributed by atoms with Crippen molar-refractivity contribution in [1.82, 2.24) is 10.2 Å². The van der Waals surface area contributed by atoms with Gasteiger partial charge in [-0.15, -0.1) is 0 Å². The third-order valence-corrected chi connectivity index (χ3v) is 5.56. The van der Waals surface area contributed by atoms with Crippen molar-refractivity contribution >= 4 is 39.5 Å². The SMILES string of the molecule is CCN1C(=O)NC(c2ccc(NC(=O)c3cccc(Br)c3)cc2)C(C(=O)OC(C)C)=C1C. The van der Waals surface area contributed by atoms with Crippen molar-refractivity contribution in [3.63, 3.8) is 0 Å². The van der Waals surface area contributed by atoms with Gasteiger partial charge in [0.05, 0.1) is 17.7 Å². The van der Waals surface area contributed by atoms with Crippen molar-refractivity contribution in [3.05, 3.63) is 75.4 Å². The molecular formula is C24H26BrN3O4. The van der Waals surface area contributed by atoms with Crippen molar-refractivity contribution in [3.8, 4) is 0 Å². The number of nitrogens with one attached hydrogen (secondary N) is 2. The van der Waals surface area contributed by atoms with Crippen molar-refractivity contribution < 1.29 is 19.1 Å². The van der Waals surface area contributed by atoms with Gasteiger partial charge in [-0.2, -0.15) is 0 Å². The van der Waals surface area contributed by atoms with E-state index in [1.165, 1.54) is 4.90 Å². The summed E-state index contributed by atoms with van der Waals surface area (Å²) < 4.78 is 6.26. The zero-order valence-electron chi connectivity index (χ0n) is 18.4. The van der Waals surface area contributed by atoms with Gasteiger partial charge in [0.25, 0.3) is 5.91 Å². The quantitative estimate of drug-likeness (QED) is 0.546. The fourth-order valence-electron chi connectivity index (χ4n) is 3.55. The summed E-state index contributed by atoms with van der Waals surface area (Å²) in [5.74, 6) is -0.700. The van der Waals surface area contributed by atoms with Crippen LogP contribution >= 0.6 is 15.9 Å². The summed E-state index contributed by atoms with van der Waals surface area (Å²) in [6.07, 6.45) is -0.285. The lowest BCUT2D eigenvalue weighted by Gasteiger charge is -2.35. The molecule has 0 spiro atoms. The maximum atomic E-state index is 12.8. The molecule has 7 nitrogen and oxygen atoms in total. The van der Waals surface area contributed by atoms with Gasteiger partial charge in [-0.3, -0.25) is 9.69 Å². The molecule has 1 atom stereocenters. The number of nitrogens with zero attached hydrogens (tertiary/aromatic N) is 1. The average Bonchev–Trinajstić information content (AvgIpc) is 2.73. The van der Waals surface area contributed by atoms with Crippen LogP contribution in [0.2, 0.25) is 0 Å². The van der Waals surface area contributed by atoms with E-state index in [9.17, 15) is 14.4 Å². The molecule has 1 aliphatic rings. The maximum absolute atomic E-state index is 12.8. The summed E-state index contributed by atoms with van der Waals surface area (Å²) in [5.41, 5.74) is 2.80. The molecule has 8 heteroatoms. The topological polar surface area (TPSA) is 87.7 Å². The predicted molar refractivity (Wildman–Crippen MR) is 126 cm³/mol. The van der Waals surface area contributed by atoms with Crippen molar-refractivity contribution in [2.75, 3.05) is 11.9 Å². The second-order valence-corrected chi connectivity index (χ2v) is 8.58. The van der Waals surface area contributed by atoms with E-state index in [-0.39, 0.29) is 18.0 Å². The van der Waals surface area contributed by atoms with Crippen molar-refractivity contribution in [1.29, 1.82) is 0 Å². The number of carbonyl (C=O) groups is 3. The number of hydrogen-bond donors (Lipinski definition) is 2. The summed E-state index contributed by atoms with van der Waals surface area (Å²) in [4.78, 5) is 39.4. The van der Waals surface area contributed by atoms with Gasteiger partial charge in [-0.05, 0) is 63.6 Å². The number of benzene rings is 2. The van der Waals surface area contributed by atoms with Crippen LogP contribution in [0.3, 0.4) is 0 Å². The Balaban J connectivity index is 1.87. The Kier molecular flexibility index (Phi) is 7.35. The van der Waals surface area contributed by atoms with Crippen LogP contribution < -0.4 is 10.6 Å². The minimum Gasteiger partial charge on any atom is -0.459 e. The first kappa shape index (κ1) is 23.5. The molecule has 2 N–H and O–H groups in total. The van der Waals surface area contributed by atoms with E-state index in [1.54, 1.807) is 63.2 Å². The lowest BCUT2D eigenvalue weighted by atomic mass is 9.94. The number of ether oxygens (including phenoxy) is 1. The van der Waals surface area contributed by atoms with Crippen LogP contribution in [-0.4, -0.2) is 35.5 Å². The molecule has 0 aliphatic carbocycles. The predicted octanol–water partition coefficient (Wildman–Crippen LogP) is 5.01. The molecule has 0 aromatic heterocycles. The lowest BCUT2D eigenvalue weighted by molar-refractivity contribution is -0.143. The number of carbonyl (C=O) groups excluding carboxylic acids is 3. The van der Waals surface area contributed by atoms with E-state index in [0.29, 0.717) is 34.6 Å². The molecule has 0 radical (unpaired) electrons. The Morgan fingerprint density at radius 2 is 1.88 bits per heavy atom. The minimum atomic E-state index is -0.647. The highest BCUT2D eigenvalue weighted by Crippen LogP contribution is 2.32. The Morgan fingerprint density at radius 1 is 1.19 bits per heavy atom. The summed E-state index contributed by atoms with van der Waals surface area (Å²) >= 11 is 3.36. The monoisotopic (exact) mass is 499 g/mol. The molecule has 2 aromatic rings. The zero-order chi connectivity index (χ0) is 23.4. The molecule has 1 aliphatic heterocycles. The summed E-state index contributed by atoms with van der Waals surface area (Å²) in [6, 6.07) is 13.2. The molecule has 2 aromatic carbocycles. The van der Waals surface area contributed by atoms with E-state index < -0.39 is 12.0 Å². The largest absolute Gasteiger partial charge is 0.459 e. The van der Waals surface area contributed by atoms with Gasteiger partial charge in [-0.25, -0.2) is 9.59 Å². The van der Waals surface area contributed by atoms with Crippen LogP contribution in [0.1, 0.15) is 49.7 Å².